The molecule has 2 N–H and O–H groups in total. The molecule has 3 aromatic rings. The average Bonchev–Trinajstić information content (AvgIpc) is 3.11. The van der Waals surface area contributed by atoms with Gasteiger partial charge in [-0.1, -0.05) is 37.3 Å². The summed E-state index contributed by atoms with van der Waals surface area (Å²) >= 11 is 1.43. The summed E-state index contributed by atoms with van der Waals surface area (Å²) in [7, 11) is 0. The molecule has 5 nitrogen and oxygen atoms in total. The summed E-state index contributed by atoms with van der Waals surface area (Å²) in [4.78, 5) is 7.02. The molecular formula is C18H22FN4OS+. The van der Waals surface area contributed by atoms with Crippen molar-refractivity contribution in [2.75, 3.05) is 13.1 Å². The number of halogens is 1. The van der Waals surface area contributed by atoms with Crippen molar-refractivity contribution in [2.45, 2.75) is 26.3 Å². The lowest BCUT2D eigenvalue weighted by Crippen LogP contribution is -3.14. The monoisotopic (exact) mass is 361 g/mol. The number of thiazole rings is 1. The zero-order valence-corrected chi connectivity index (χ0v) is 15.1. The first-order valence-corrected chi connectivity index (χ1v) is 9.46. The molecule has 2 aromatic heterocycles. The van der Waals surface area contributed by atoms with Crippen LogP contribution < -0.4 is 4.90 Å². The molecule has 0 spiro atoms. The molecule has 25 heavy (non-hydrogen) atoms. The minimum absolute atomic E-state index is 0.116. The normalized spacial score (nSPS) is 25.3. The molecule has 1 fully saturated rings. The number of nitrogens with one attached hydrogen (secondary N) is 1. The summed E-state index contributed by atoms with van der Waals surface area (Å²) in [5.74, 6) is 1.06. The second-order valence-electron chi connectivity index (χ2n) is 7.24. The Morgan fingerprint density at radius 1 is 1.32 bits per heavy atom. The van der Waals surface area contributed by atoms with E-state index in [0.717, 1.165) is 23.5 Å². The fraction of sp³-hybridized carbons (Fsp3) is 0.444. The number of nitrogens with zero attached hydrogens (tertiary/aromatic N) is 3. The molecule has 1 aliphatic rings. The summed E-state index contributed by atoms with van der Waals surface area (Å²) < 4.78 is 15.4. The van der Waals surface area contributed by atoms with Gasteiger partial charge in [-0.15, -0.1) is 0 Å². The van der Waals surface area contributed by atoms with E-state index in [9.17, 15) is 9.50 Å². The van der Waals surface area contributed by atoms with Gasteiger partial charge >= 0.3 is 0 Å². The highest BCUT2D eigenvalue weighted by molar-refractivity contribution is 7.17. The van der Waals surface area contributed by atoms with Gasteiger partial charge in [0, 0.05) is 17.4 Å². The molecule has 7 heteroatoms. The number of quaternary nitrogens is 1. The SMILES string of the molecule is C[C@H]1C[C@H](C)C[NH+]([C@@H](c2cccc(F)c2)c2sc3ncnn3c2O)C1. The van der Waals surface area contributed by atoms with Crippen LogP contribution in [-0.2, 0) is 0 Å². The quantitative estimate of drug-likeness (QED) is 0.753. The van der Waals surface area contributed by atoms with Crippen molar-refractivity contribution in [3.63, 3.8) is 0 Å². The van der Waals surface area contributed by atoms with Gasteiger partial charge in [-0.2, -0.15) is 9.61 Å². The van der Waals surface area contributed by atoms with Crippen molar-refractivity contribution >= 4 is 16.3 Å². The highest BCUT2D eigenvalue weighted by Crippen LogP contribution is 2.35. The van der Waals surface area contributed by atoms with E-state index in [1.54, 1.807) is 12.1 Å². The van der Waals surface area contributed by atoms with Gasteiger partial charge < -0.3 is 10.0 Å². The van der Waals surface area contributed by atoms with E-state index in [1.165, 1.54) is 39.6 Å². The molecule has 1 saturated heterocycles. The predicted octanol–water partition coefficient (Wildman–Crippen LogP) is 2.29. The van der Waals surface area contributed by atoms with E-state index in [0.29, 0.717) is 16.8 Å². The first-order chi connectivity index (χ1) is 12.0. The van der Waals surface area contributed by atoms with Gasteiger partial charge in [-0.3, -0.25) is 0 Å². The molecule has 0 saturated carbocycles. The van der Waals surface area contributed by atoms with Gasteiger partial charge in [0.15, 0.2) is 6.04 Å². The lowest BCUT2D eigenvalue weighted by Gasteiger charge is -2.37. The Bertz CT molecular complexity index is 882. The summed E-state index contributed by atoms with van der Waals surface area (Å²) in [6.45, 7) is 6.53. The van der Waals surface area contributed by atoms with Gasteiger partial charge in [0.1, 0.15) is 17.0 Å². The van der Waals surface area contributed by atoms with E-state index in [4.69, 9.17) is 0 Å². The number of piperidine rings is 1. The van der Waals surface area contributed by atoms with Gasteiger partial charge in [0.2, 0.25) is 10.8 Å². The second-order valence-corrected chi connectivity index (χ2v) is 8.25. The van der Waals surface area contributed by atoms with E-state index in [-0.39, 0.29) is 17.7 Å². The number of aromatic hydroxyl groups is 1. The Hall–Kier alpha value is -1.99. The Balaban J connectivity index is 1.83. The van der Waals surface area contributed by atoms with E-state index in [2.05, 4.69) is 23.9 Å². The van der Waals surface area contributed by atoms with Crippen molar-refractivity contribution in [1.82, 2.24) is 14.6 Å². The van der Waals surface area contributed by atoms with Crippen LogP contribution in [0.2, 0.25) is 0 Å². The third-order valence-electron chi connectivity index (χ3n) is 5.02. The average molecular weight is 361 g/mol. The first kappa shape index (κ1) is 16.5. The van der Waals surface area contributed by atoms with Crippen LogP contribution >= 0.6 is 11.3 Å². The lowest BCUT2D eigenvalue weighted by atomic mass is 9.89. The number of benzene rings is 1. The number of likely N-dealkylation sites (tertiary alicyclic amines) is 1. The summed E-state index contributed by atoms with van der Waals surface area (Å²) in [6, 6.07) is 6.60. The van der Waals surface area contributed by atoms with E-state index >= 15 is 0 Å². The Morgan fingerprint density at radius 3 is 2.76 bits per heavy atom. The van der Waals surface area contributed by atoms with Crippen molar-refractivity contribution in [2.24, 2.45) is 11.8 Å². The van der Waals surface area contributed by atoms with Gasteiger partial charge in [-0.25, -0.2) is 9.37 Å². The molecular weight excluding hydrogens is 339 g/mol. The van der Waals surface area contributed by atoms with Crippen LogP contribution in [-0.4, -0.2) is 32.8 Å². The maximum atomic E-state index is 13.9. The van der Waals surface area contributed by atoms with Crippen LogP contribution in [0.15, 0.2) is 30.6 Å². The molecule has 0 bridgehead atoms. The summed E-state index contributed by atoms with van der Waals surface area (Å²) in [6.07, 6.45) is 2.64. The Morgan fingerprint density at radius 2 is 2.08 bits per heavy atom. The van der Waals surface area contributed by atoms with Gasteiger partial charge in [0.25, 0.3) is 0 Å². The molecule has 1 aromatic carbocycles. The van der Waals surface area contributed by atoms with Crippen LogP contribution in [0, 0.1) is 17.7 Å². The van der Waals surface area contributed by atoms with Crippen LogP contribution in [0.4, 0.5) is 4.39 Å². The van der Waals surface area contributed by atoms with Crippen molar-refractivity contribution in [1.29, 1.82) is 0 Å². The number of aromatic nitrogens is 3. The highest BCUT2D eigenvalue weighted by atomic mass is 32.1. The molecule has 0 aliphatic carbocycles. The summed E-state index contributed by atoms with van der Waals surface area (Å²) in [5.41, 5.74) is 0.885. The number of rotatable bonds is 3. The fourth-order valence-electron chi connectivity index (χ4n) is 4.21. The third-order valence-corrected chi connectivity index (χ3v) is 6.12. The predicted molar refractivity (Wildman–Crippen MR) is 94.4 cm³/mol. The molecule has 132 valence electrons. The Kier molecular flexibility index (Phi) is 4.21. The lowest BCUT2D eigenvalue weighted by molar-refractivity contribution is -0.936. The summed E-state index contributed by atoms with van der Waals surface area (Å²) in [5, 5.41) is 14.8. The molecule has 1 aliphatic heterocycles. The largest absolute Gasteiger partial charge is 0.492 e. The van der Waals surface area contributed by atoms with Gasteiger partial charge in [-0.05, 0) is 18.6 Å². The zero-order chi connectivity index (χ0) is 17.6. The van der Waals surface area contributed by atoms with Crippen LogP contribution in [0.5, 0.6) is 5.88 Å². The van der Waals surface area contributed by atoms with Crippen molar-refractivity contribution in [3.05, 3.63) is 46.9 Å². The van der Waals surface area contributed by atoms with E-state index in [1.807, 2.05) is 6.07 Å². The highest BCUT2D eigenvalue weighted by Gasteiger charge is 2.37. The third kappa shape index (κ3) is 3.02. The van der Waals surface area contributed by atoms with Crippen LogP contribution in [0.3, 0.4) is 0 Å². The topological polar surface area (TPSA) is 54.9 Å². The van der Waals surface area contributed by atoms with Crippen LogP contribution in [0.25, 0.3) is 4.96 Å². The smallest absolute Gasteiger partial charge is 0.235 e. The van der Waals surface area contributed by atoms with Crippen molar-refractivity contribution < 1.29 is 14.4 Å². The minimum Gasteiger partial charge on any atom is -0.492 e. The molecule has 0 unspecified atom stereocenters. The van der Waals surface area contributed by atoms with Crippen LogP contribution in [0.1, 0.15) is 36.8 Å². The molecule has 0 amide bonds. The molecule has 0 radical (unpaired) electrons. The molecule has 4 rings (SSSR count). The molecule has 3 heterocycles. The molecule has 3 atom stereocenters. The minimum atomic E-state index is -0.251. The first-order valence-electron chi connectivity index (χ1n) is 8.64. The second kappa shape index (κ2) is 6.38. The standard InChI is InChI=1S/C18H21FN4OS/c1-11-6-12(2)9-22(8-11)15(13-4-3-5-14(19)7-13)16-17(24)23-18(25-16)20-10-21-23/h3-5,7,10-12,15,24H,6,8-9H2,1-2H3/p+1/t11-,12-,15-/m0/s1. The number of fused-ring (bicyclic) bond motifs is 1. The Labute approximate surface area is 149 Å². The maximum Gasteiger partial charge on any atom is 0.235 e. The van der Waals surface area contributed by atoms with Gasteiger partial charge in [0.05, 0.1) is 13.1 Å². The van der Waals surface area contributed by atoms with E-state index < -0.39 is 0 Å². The number of hydrogen-bond acceptors (Lipinski definition) is 4. The number of hydrogen-bond donors (Lipinski definition) is 2. The zero-order valence-electron chi connectivity index (χ0n) is 14.3. The maximum absolute atomic E-state index is 13.9. The fourth-order valence-corrected chi connectivity index (χ4v) is 5.32. The van der Waals surface area contributed by atoms with Crippen molar-refractivity contribution in [3.8, 4) is 5.88 Å².